The Kier molecular flexibility index (Phi) is 3.78. The molecule has 0 bridgehead atoms. The van der Waals surface area contributed by atoms with Crippen molar-refractivity contribution in [2.75, 3.05) is 0 Å². The first kappa shape index (κ1) is 12.8. The van der Waals surface area contributed by atoms with E-state index in [2.05, 4.69) is 20.4 Å². The zero-order valence-electron chi connectivity index (χ0n) is 9.39. The minimum Gasteiger partial charge on any atom is -0.345 e. The Balaban J connectivity index is 2.01. The van der Waals surface area contributed by atoms with Gasteiger partial charge in [-0.2, -0.15) is 5.10 Å². The Labute approximate surface area is 113 Å². The van der Waals surface area contributed by atoms with E-state index in [1.807, 2.05) is 0 Å². The molecule has 2 rings (SSSR count). The number of pyridine rings is 1. The maximum absolute atomic E-state index is 11.8. The Morgan fingerprint density at radius 1 is 1.44 bits per heavy atom. The number of rotatable bonds is 3. The van der Waals surface area contributed by atoms with Crippen LogP contribution in [0.2, 0.25) is 10.2 Å². The highest BCUT2D eigenvalue weighted by molar-refractivity contribution is 6.41. The Hall–Kier alpha value is -1.66. The van der Waals surface area contributed by atoms with Gasteiger partial charge in [-0.15, -0.1) is 0 Å². The zero-order valence-corrected chi connectivity index (χ0v) is 10.9. The molecular weight excluding hydrogens is 277 g/mol. The predicted octanol–water partition coefficient (Wildman–Crippen LogP) is 1.45. The topological polar surface area (TPSA) is 72.7 Å². The van der Waals surface area contributed by atoms with Crippen LogP contribution in [0.1, 0.15) is 16.2 Å². The molecule has 1 amide bonds. The van der Waals surface area contributed by atoms with Gasteiger partial charge in [0, 0.05) is 13.2 Å². The maximum Gasteiger partial charge on any atom is 0.253 e. The normalized spacial score (nSPS) is 10.4. The summed E-state index contributed by atoms with van der Waals surface area (Å²) in [4.78, 5) is 19.6. The van der Waals surface area contributed by atoms with Gasteiger partial charge >= 0.3 is 0 Å². The van der Waals surface area contributed by atoms with E-state index in [1.54, 1.807) is 18.1 Å². The fourth-order valence-electron chi connectivity index (χ4n) is 1.27. The van der Waals surface area contributed by atoms with Gasteiger partial charge in [-0.05, 0) is 6.07 Å². The third-order valence-corrected chi connectivity index (χ3v) is 2.80. The van der Waals surface area contributed by atoms with E-state index in [1.165, 1.54) is 12.3 Å². The molecule has 0 aliphatic heterocycles. The summed E-state index contributed by atoms with van der Waals surface area (Å²) in [5.41, 5.74) is 0.334. The van der Waals surface area contributed by atoms with Gasteiger partial charge in [0.1, 0.15) is 11.5 Å². The van der Waals surface area contributed by atoms with E-state index in [9.17, 15) is 4.79 Å². The molecule has 8 heteroatoms. The van der Waals surface area contributed by atoms with Crippen molar-refractivity contribution in [2.24, 2.45) is 7.05 Å². The molecule has 94 valence electrons. The van der Waals surface area contributed by atoms with Crippen LogP contribution in [0.4, 0.5) is 0 Å². The Morgan fingerprint density at radius 3 is 2.83 bits per heavy atom. The lowest BCUT2D eigenvalue weighted by Crippen LogP contribution is -2.23. The SMILES string of the molecule is Cn1cnc(CNC(=O)c2cnc(Cl)c(Cl)c2)n1. The van der Waals surface area contributed by atoms with Crippen LogP contribution >= 0.6 is 23.2 Å². The van der Waals surface area contributed by atoms with Gasteiger partial charge in [-0.1, -0.05) is 23.2 Å². The van der Waals surface area contributed by atoms with Crippen LogP contribution in [-0.4, -0.2) is 25.7 Å². The predicted molar refractivity (Wildman–Crippen MR) is 66.4 cm³/mol. The average Bonchev–Trinajstić information content (AvgIpc) is 2.75. The number of amides is 1. The van der Waals surface area contributed by atoms with Gasteiger partial charge < -0.3 is 5.32 Å². The number of carbonyl (C=O) groups excluding carboxylic acids is 1. The quantitative estimate of drug-likeness (QED) is 0.867. The summed E-state index contributed by atoms with van der Waals surface area (Å²) in [6.07, 6.45) is 2.91. The van der Waals surface area contributed by atoms with Gasteiger partial charge in [-0.3, -0.25) is 9.48 Å². The van der Waals surface area contributed by atoms with Crippen molar-refractivity contribution in [2.45, 2.75) is 6.54 Å². The van der Waals surface area contributed by atoms with Gasteiger partial charge in [0.2, 0.25) is 0 Å². The fourth-order valence-corrected chi connectivity index (χ4v) is 1.54. The van der Waals surface area contributed by atoms with Crippen molar-refractivity contribution in [3.8, 4) is 0 Å². The Bertz CT molecular complexity index is 583. The first-order valence-electron chi connectivity index (χ1n) is 5.00. The lowest BCUT2D eigenvalue weighted by atomic mass is 10.2. The molecule has 2 aromatic heterocycles. The molecule has 0 saturated heterocycles. The zero-order chi connectivity index (χ0) is 13.1. The van der Waals surface area contributed by atoms with Crippen LogP contribution in [-0.2, 0) is 13.6 Å². The van der Waals surface area contributed by atoms with Crippen molar-refractivity contribution < 1.29 is 4.79 Å². The number of nitrogens with one attached hydrogen (secondary N) is 1. The summed E-state index contributed by atoms with van der Waals surface area (Å²) < 4.78 is 1.56. The van der Waals surface area contributed by atoms with E-state index in [4.69, 9.17) is 23.2 Å². The number of aryl methyl sites for hydroxylation is 1. The summed E-state index contributed by atoms with van der Waals surface area (Å²) >= 11 is 11.4. The highest BCUT2D eigenvalue weighted by Gasteiger charge is 2.09. The monoisotopic (exact) mass is 285 g/mol. The number of carbonyl (C=O) groups is 1. The van der Waals surface area contributed by atoms with E-state index < -0.39 is 0 Å². The van der Waals surface area contributed by atoms with Gasteiger partial charge in [0.05, 0.1) is 17.1 Å². The second-order valence-corrected chi connectivity index (χ2v) is 4.28. The molecular formula is C10H9Cl2N5O. The van der Waals surface area contributed by atoms with E-state index >= 15 is 0 Å². The summed E-state index contributed by atoms with van der Waals surface area (Å²) in [5.74, 6) is 0.215. The number of aromatic nitrogens is 4. The maximum atomic E-state index is 11.8. The molecule has 0 radical (unpaired) electrons. The summed E-state index contributed by atoms with van der Waals surface area (Å²) in [6, 6.07) is 1.46. The average molecular weight is 286 g/mol. The third-order valence-electron chi connectivity index (χ3n) is 2.11. The molecule has 2 heterocycles. The Morgan fingerprint density at radius 2 is 2.22 bits per heavy atom. The third kappa shape index (κ3) is 2.96. The minimum atomic E-state index is -0.312. The van der Waals surface area contributed by atoms with Crippen molar-refractivity contribution in [3.05, 3.63) is 40.2 Å². The van der Waals surface area contributed by atoms with Gasteiger partial charge in [-0.25, -0.2) is 9.97 Å². The summed E-state index contributed by atoms with van der Waals surface area (Å²) in [5, 5.41) is 7.09. The number of hydrogen-bond acceptors (Lipinski definition) is 4. The lowest BCUT2D eigenvalue weighted by molar-refractivity contribution is 0.0949. The second kappa shape index (κ2) is 5.32. The molecule has 0 aromatic carbocycles. The first-order valence-corrected chi connectivity index (χ1v) is 5.75. The number of nitrogens with zero attached hydrogens (tertiary/aromatic N) is 4. The standard InChI is InChI=1S/C10H9Cl2N5O/c1-17-5-15-8(16-17)4-14-10(18)6-2-7(11)9(12)13-3-6/h2-3,5H,4H2,1H3,(H,14,18). The molecule has 0 aliphatic rings. The molecule has 1 N–H and O–H groups in total. The van der Waals surface area contributed by atoms with Crippen LogP contribution in [0.5, 0.6) is 0 Å². The van der Waals surface area contributed by atoms with Crippen LogP contribution in [0.25, 0.3) is 0 Å². The molecule has 0 fully saturated rings. The van der Waals surface area contributed by atoms with Crippen LogP contribution < -0.4 is 5.32 Å². The van der Waals surface area contributed by atoms with Crippen LogP contribution in [0, 0.1) is 0 Å². The number of hydrogen-bond donors (Lipinski definition) is 1. The number of halogens is 2. The molecule has 0 saturated carbocycles. The molecule has 0 aliphatic carbocycles. The lowest BCUT2D eigenvalue weighted by Gasteiger charge is -2.03. The smallest absolute Gasteiger partial charge is 0.253 e. The van der Waals surface area contributed by atoms with Crippen molar-refractivity contribution in [1.29, 1.82) is 0 Å². The summed E-state index contributed by atoms with van der Waals surface area (Å²) in [7, 11) is 1.75. The van der Waals surface area contributed by atoms with Gasteiger partial charge in [0.15, 0.2) is 5.82 Å². The van der Waals surface area contributed by atoms with Crippen LogP contribution in [0.3, 0.4) is 0 Å². The molecule has 0 unspecified atom stereocenters. The highest BCUT2D eigenvalue weighted by Crippen LogP contribution is 2.19. The molecule has 18 heavy (non-hydrogen) atoms. The highest BCUT2D eigenvalue weighted by atomic mass is 35.5. The van der Waals surface area contributed by atoms with Crippen molar-refractivity contribution >= 4 is 29.1 Å². The largest absolute Gasteiger partial charge is 0.345 e. The van der Waals surface area contributed by atoms with Gasteiger partial charge in [0.25, 0.3) is 5.91 Å². The van der Waals surface area contributed by atoms with E-state index in [0.717, 1.165) is 0 Å². The molecule has 6 nitrogen and oxygen atoms in total. The summed E-state index contributed by atoms with van der Waals surface area (Å²) in [6.45, 7) is 0.236. The fraction of sp³-hybridized carbons (Fsp3) is 0.200. The van der Waals surface area contributed by atoms with Crippen LogP contribution in [0.15, 0.2) is 18.6 Å². The van der Waals surface area contributed by atoms with E-state index in [0.29, 0.717) is 11.4 Å². The molecule has 0 atom stereocenters. The van der Waals surface area contributed by atoms with Crippen molar-refractivity contribution in [3.63, 3.8) is 0 Å². The van der Waals surface area contributed by atoms with Crippen molar-refractivity contribution in [1.82, 2.24) is 25.1 Å². The minimum absolute atomic E-state index is 0.166. The molecule has 0 spiro atoms. The first-order chi connectivity index (χ1) is 8.56. The molecule has 2 aromatic rings. The van der Waals surface area contributed by atoms with E-state index in [-0.39, 0.29) is 22.6 Å². The second-order valence-electron chi connectivity index (χ2n) is 3.51.